The molecule has 3 aromatic carbocycles. The third-order valence-electron chi connectivity index (χ3n) is 4.04. The van der Waals surface area contributed by atoms with Gasteiger partial charge in [0.25, 0.3) is 11.8 Å². The lowest BCUT2D eigenvalue weighted by atomic mass is 10.1. The van der Waals surface area contributed by atoms with Crippen molar-refractivity contribution >= 4 is 33.3 Å². The van der Waals surface area contributed by atoms with Crippen LogP contribution in [0.25, 0.3) is 0 Å². The van der Waals surface area contributed by atoms with Gasteiger partial charge in [0.1, 0.15) is 0 Å². The van der Waals surface area contributed by atoms with Crippen molar-refractivity contribution in [1.29, 1.82) is 0 Å². The summed E-state index contributed by atoms with van der Waals surface area (Å²) in [6.45, 7) is 0. The number of hydrogen-bond acceptors (Lipinski definition) is 4. The lowest BCUT2D eigenvalue weighted by Gasteiger charge is -2.09. The fourth-order valence-corrected chi connectivity index (χ4v) is 4.07. The van der Waals surface area contributed by atoms with E-state index in [4.69, 9.17) is 11.6 Å². The highest BCUT2D eigenvalue weighted by atomic mass is 35.5. The maximum absolute atomic E-state index is 12.5. The molecule has 29 heavy (non-hydrogen) atoms. The topological polar surface area (TPSA) is 92.3 Å². The predicted molar refractivity (Wildman–Crippen MR) is 110 cm³/mol. The highest BCUT2D eigenvalue weighted by molar-refractivity contribution is 7.90. The van der Waals surface area contributed by atoms with E-state index < -0.39 is 21.7 Å². The number of benzene rings is 3. The third kappa shape index (κ3) is 5.43. The second kappa shape index (κ2) is 8.89. The van der Waals surface area contributed by atoms with Gasteiger partial charge in [-0.25, -0.2) is 8.42 Å². The molecule has 0 fully saturated rings. The number of halogens is 1. The molecule has 0 unspecified atom stereocenters. The molecule has 0 heterocycles. The molecular weight excluding hydrogens is 412 g/mol. The van der Waals surface area contributed by atoms with Crippen molar-refractivity contribution < 1.29 is 18.0 Å². The summed E-state index contributed by atoms with van der Waals surface area (Å²) in [6, 6.07) is 20.5. The minimum Gasteiger partial charge on any atom is -0.267 e. The van der Waals surface area contributed by atoms with Crippen LogP contribution in [-0.4, -0.2) is 20.2 Å². The Morgan fingerprint density at radius 3 is 2.03 bits per heavy atom. The molecule has 0 aliphatic rings. The van der Waals surface area contributed by atoms with Crippen LogP contribution >= 0.6 is 11.6 Å². The first-order valence-corrected chi connectivity index (χ1v) is 10.6. The summed E-state index contributed by atoms with van der Waals surface area (Å²) in [7, 11) is -3.53. The summed E-state index contributed by atoms with van der Waals surface area (Å²) < 4.78 is 25.0. The van der Waals surface area contributed by atoms with Gasteiger partial charge in [-0.15, -0.1) is 0 Å². The van der Waals surface area contributed by atoms with Gasteiger partial charge < -0.3 is 0 Å². The minimum atomic E-state index is -3.53. The first kappa shape index (κ1) is 20.6. The van der Waals surface area contributed by atoms with Crippen LogP contribution in [0.1, 0.15) is 26.3 Å². The Labute approximate surface area is 173 Å². The van der Waals surface area contributed by atoms with Gasteiger partial charge in [-0.1, -0.05) is 41.9 Å². The smallest absolute Gasteiger partial charge is 0.267 e. The second-order valence-electron chi connectivity index (χ2n) is 6.19. The van der Waals surface area contributed by atoms with Gasteiger partial charge >= 0.3 is 0 Å². The molecule has 8 heteroatoms. The fourth-order valence-electron chi connectivity index (χ4n) is 2.59. The summed E-state index contributed by atoms with van der Waals surface area (Å²) in [5.74, 6) is -1.31. The van der Waals surface area contributed by atoms with Gasteiger partial charge in [-0.3, -0.25) is 20.4 Å². The van der Waals surface area contributed by atoms with Gasteiger partial charge in [-0.05, 0) is 54.1 Å². The third-order valence-corrected chi connectivity index (χ3v) is 6.00. The molecule has 2 N–H and O–H groups in total. The number of amides is 2. The van der Waals surface area contributed by atoms with Gasteiger partial charge in [0.05, 0.1) is 10.6 Å². The molecule has 0 aromatic heterocycles. The summed E-state index contributed by atoms with van der Waals surface area (Å²) in [6.07, 6.45) is 0. The van der Waals surface area contributed by atoms with E-state index >= 15 is 0 Å². The molecule has 0 saturated heterocycles. The van der Waals surface area contributed by atoms with Crippen LogP contribution in [0.5, 0.6) is 0 Å². The summed E-state index contributed by atoms with van der Waals surface area (Å²) in [4.78, 5) is 24.6. The molecule has 148 valence electrons. The Bertz CT molecular complexity index is 1130. The molecular formula is C21H17ClN2O4S. The highest BCUT2D eigenvalue weighted by Gasteiger charge is 2.16. The molecule has 3 aromatic rings. The molecule has 0 spiro atoms. The number of hydrogen-bond donors (Lipinski definition) is 2. The van der Waals surface area contributed by atoms with Gasteiger partial charge in [0.15, 0.2) is 9.84 Å². The quantitative estimate of drug-likeness (QED) is 0.609. The van der Waals surface area contributed by atoms with Crippen molar-refractivity contribution in [2.24, 2.45) is 0 Å². The Morgan fingerprint density at radius 1 is 0.759 bits per heavy atom. The van der Waals surface area contributed by atoms with E-state index in [9.17, 15) is 18.0 Å². The van der Waals surface area contributed by atoms with Crippen LogP contribution in [0.2, 0.25) is 5.02 Å². The molecule has 6 nitrogen and oxygen atoms in total. The van der Waals surface area contributed by atoms with Crippen molar-refractivity contribution in [1.82, 2.24) is 10.9 Å². The molecule has 0 bridgehead atoms. The Morgan fingerprint density at radius 2 is 1.38 bits per heavy atom. The lowest BCUT2D eigenvalue weighted by Crippen LogP contribution is -2.41. The molecule has 2 amide bonds. The van der Waals surface area contributed by atoms with Crippen LogP contribution in [-0.2, 0) is 15.6 Å². The van der Waals surface area contributed by atoms with E-state index in [-0.39, 0.29) is 16.2 Å². The molecule has 0 atom stereocenters. The van der Waals surface area contributed by atoms with Crippen molar-refractivity contribution in [3.8, 4) is 0 Å². The van der Waals surface area contributed by atoms with E-state index in [1.165, 1.54) is 36.4 Å². The van der Waals surface area contributed by atoms with Crippen LogP contribution in [0.4, 0.5) is 0 Å². The van der Waals surface area contributed by atoms with E-state index in [1.54, 1.807) is 42.5 Å². The van der Waals surface area contributed by atoms with Crippen molar-refractivity contribution in [3.05, 3.63) is 101 Å². The zero-order valence-corrected chi connectivity index (χ0v) is 16.7. The SMILES string of the molecule is O=C(NNC(=O)c1cccc(CS(=O)(=O)c2ccccc2)c1)c1ccc(Cl)cc1. The maximum Gasteiger partial charge on any atom is 0.269 e. The molecule has 0 radical (unpaired) electrons. The molecule has 0 aliphatic carbocycles. The first-order valence-electron chi connectivity index (χ1n) is 8.58. The molecule has 3 rings (SSSR count). The van der Waals surface area contributed by atoms with Crippen LogP contribution in [0.15, 0.2) is 83.8 Å². The fraction of sp³-hybridized carbons (Fsp3) is 0.0476. The monoisotopic (exact) mass is 428 g/mol. The Kier molecular flexibility index (Phi) is 6.31. The van der Waals surface area contributed by atoms with E-state index in [2.05, 4.69) is 10.9 Å². The van der Waals surface area contributed by atoms with Crippen LogP contribution < -0.4 is 10.9 Å². The Balaban J connectivity index is 1.66. The van der Waals surface area contributed by atoms with Crippen molar-refractivity contribution in [2.45, 2.75) is 10.6 Å². The van der Waals surface area contributed by atoms with Gasteiger partial charge in [0.2, 0.25) is 0 Å². The number of carbonyl (C=O) groups excluding carboxylic acids is 2. The molecule has 0 saturated carbocycles. The van der Waals surface area contributed by atoms with Crippen molar-refractivity contribution in [3.63, 3.8) is 0 Å². The van der Waals surface area contributed by atoms with Gasteiger partial charge in [0, 0.05) is 16.1 Å². The summed E-state index contributed by atoms with van der Waals surface area (Å²) in [5, 5.41) is 0.493. The highest BCUT2D eigenvalue weighted by Crippen LogP contribution is 2.17. The number of nitrogens with one attached hydrogen (secondary N) is 2. The van der Waals surface area contributed by atoms with E-state index in [1.807, 2.05) is 0 Å². The Hall–Kier alpha value is -3.16. The predicted octanol–water partition coefficient (Wildman–Crippen LogP) is 3.39. The number of hydrazine groups is 1. The summed E-state index contributed by atoms with van der Waals surface area (Å²) in [5.41, 5.74) is 5.64. The minimum absolute atomic E-state index is 0.213. The number of rotatable bonds is 5. The number of carbonyl (C=O) groups is 2. The van der Waals surface area contributed by atoms with Gasteiger partial charge in [-0.2, -0.15) is 0 Å². The van der Waals surface area contributed by atoms with Crippen LogP contribution in [0.3, 0.4) is 0 Å². The van der Waals surface area contributed by atoms with Crippen molar-refractivity contribution in [2.75, 3.05) is 0 Å². The molecule has 0 aliphatic heterocycles. The largest absolute Gasteiger partial charge is 0.269 e. The first-order chi connectivity index (χ1) is 13.8. The normalized spacial score (nSPS) is 10.9. The number of sulfone groups is 1. The average Bonchev–Trinajstić information content (AvgIpc) is 2.73. The average molecular weight is 429 g/mol. The zero-order valence-electron chi connectivity index (χ0n) is 15.1. The van der Waals surface area contributed by atoms with E-state index in [0.717, 1.165) is 0 Å². The lowest BCUT2D eigenvalue weighted by molar-refractivity contribution is 0.0846. The van der Waals surface area contributed by atoms with Crippen LogP contribution in [0, 0.1) is 0 Å². The zero-order chi connectivity index (χ0) is 20.9. The second-order valence-corrected chi connectivity index (χ2v) is 8.61. The summed E-state index contributed by atoms with van der Waals surface area (Å²) >= 11 is 5.78. The maximum atomic E-state index is 12.5. The standard InChI is InChI=1S/C21H17ClN2O4S/c22-18-11-9-16(10-12-18)20(25)23-24-21(26)17-6-4-5-15(13-17)14-29(27,28)19-7-2-1-3-8-19/h1-13H,14H2,(H,23,25)(H,24,26). The van der Waals surface area contributed by atoms with E-state index in [0.29, 0.717) is 16.1 Å².